The number of hydrogen-bond donors (Lipinski definition) is 1. The molecular formula is C11H15NO3S. The standard InChI is InChI=1S/C11H15NO3S/c1-3-6-16-11-5-4-9(8(2)13)7-10(11)12(14)15/h4-5,7-8,13H,3,6H2,1-2H3/t8-/m0/s1. The Labute approximate surface area is 98.8 Å². The van der Waals surface area contributed by atoms with Gasteiger partial charge in [0.2, 0.25) is 0 Å². The molecule has 0 aromatic heterocycles. The predicted octanol–water partition coefficient (Wildman–Crippen LogP) is 3.15. The van der Waals surface area contributed by atoms with Crippen LogP contribution in [0.3, 0.4) is 0 Å². The summed E-state index contributed by atoms with van der Waals surface area (Å²) in [6, 6.07) is 4.89. The monoisotopic (exact) mass is 241 g/mol. The van der Waals surface area contributed by atoms with Crippen molar-refractivity contribution in [3.05, 3.63) is 33.9 Å². The third-order valence-electron chi connectivity index (χ3n) is 2.12. The molecule has 1 rings (SSSR count). The average molecular weight is 241 g/mol. The van der Waals surface area contributed by atoms with Crippen LogP contribution in [0.15, 0.2) is 23.1 Å². The Hall–Kier alpha value is -1.07. The van der Waals surface area contributed by atoms with Crippen molar-refractivity contribution < 1.29 is 10.0 Å². The van der Waals surface area contributed by atoms with Crippen LogP contribution in [0.1, 0.15) is 31.9 Å². The van der Waals surface area contributed by atoms with E-state index in [0.29, 0.717) is 10.5 Å². The van der Waals surface area contributed by atoms with E-state index in [2.05, 4.69) is 0 Å². The Bertz CT molecular complexity index is 379. The quantitative estimate of drug-likeness (QED) is 0.488. The molecule has 0 saturated carbocycles. The van der Waals surface area contributed by atoms with Crippen LogP contribution in [0.5, 0.6) is 0 Å². The number of hydrogen-bond acceptors (Lipinski definition) is 4. The largest absolute Gasteiger partial charge is 0.389 e. The molecule has 0 spiro atoms. The van der Waals surface area contributed by atoms with Gasteiger partial charge in [0.25, 0.3) is 5.69 Å². The fraction of sp³-hybridized carbons (Fsp3) is 0.455. The first-order chi connectivity index (χ1) is 7.56. The first kappa shape index (κ1) is 13.0. The summed E-state index contributed by atoms with van der Waals surface area (Å²) in [6.45, 7) is 3.63. The van der Waals surface area contributed by atoms with Crippen LogP contribution < -0.4 is 0 Å². The lowest BCUT2D eigenvalue weighted by Gasteiger charge is -2.07. The topological polar surface area (TPSA) is 63.4 Å². The smallest absolute Gasteiger partial charge is 0.283 e. The molecule has 0 unspecified atom stereocenters. The second-order valence-electron chi connectivity index (χ2n) is 3.51. The maximum absolute atomic E-state index is 10.9. The highest BCUT2D eigenvalue weighted by Gasteiger charge is 2.16. The Morgan fingerprint density at radius 3 is 2.75 bits per heavy atom. The van der Waals surface area contributed by atoms with Gasteiger partial charge in [0.1, 0.15) is 0 Å². The molecule has 1 aromatic rings. The zero-order valence-corrected chi connectivity index (χ0v) is 10.2. The summed E-state index contributed by atoms with van der Waals surface area (Å²) >= 11 is 1.47. The van der Waals surface area contributed by atoms with Gasteiger partial charge in [-0.3, -0.25) is 10.1 Å². The van der Waals surface area contributed by atoms with E-state index >= 15 is 0 Å². The molecule has 4 nitrogen and oxygen atoms in total. The summed E-state index contributed by atoms with van der Waals surface area (Å²) in [6.07, 6.45) is 0.295. The molecular weight excluding hydrogens is 226 g/mol. The number of aliphatic hydroxyl groups excluding tert-OH is 1. The van der Waals surface area contributed by atoms with E-state index in [-0.39, 0.29) is 5.69 Å². The van der Waals surface area contributed by atoms with E-state index in [9.17, 15) is 15.2 Å². The van der Waals surface area contributed by atoms with Crippen molar-refractivity contribution in [1.29, 1.82) is 0 Å². The summed E-state index contributed by atoms with van der Waals surface area (Å²) < 4.78 is 0. The van der Waals surface area contributed by atoms with E-state index in [4.69, 9.17) is 0 Å². The molecule has 0 aliphatic heterocycles. The van der Waals surface area contributed by atoms with Gasteiger partial charge in [-0.25, -0.2) is 0 Å². The van der Waals surface area contributed by atoms with Gasteiger partial charge in [-0.1, -0.05) is 13.0 Å². The van der Waals surface area contributed by atoms with Crippen LogP contribution in [0.4, 0.5) is 5.69 Å². The molecule has 0 fully saturated rings. The van der Waals surface area contributed by atoms with E-state index in [1.54, 1.807) is 19.1 Å². The lowest BCUT2D eigenvalue weighted by atomic mass is 10.1. The van der Waals surface area contributed by atoms with Crippen molar-refractivity contribution in [2.45, 2.75) is 31.3 Å². The molecule has 0 amide bonds. The van der Waals surface area contributed by atoms with Crippen molar-refractivity contribution in [3.8, 4) is 0 Å². The zero-order valence-electron chi connectivity index (χ0n) is 9.34. The van der Waals surface area contributed by atoms with Gasteiger partial charge in [0.05, 0.1) is 15.9 Å². The molecule has 88 valence electrons. The van der Waals surface area contributed by atoms with Gasteiger partial charge >= 0.3 is 0 Å². The number of thioether (sulfide) groups is 1. The van der Waals surface area contributed by atoms with Crippen molar-refractivity contribution in [2.75, 3.05) is 5.75 Å². The van der Waals surface area contributed by atoms with Crippen LogP contribution in [0, 0.1) is 10.1 Å². The Morgan fingerprint density at radius 1 is 1.56 bits per heavy atom. The van der Waals surface area contributed by atoms with Crippen LogP contribution >= 0.6 is 11.8 Å². The average Bonchev–Trinajstić information content (AvgIpc) is 2.25. The van der Waals surface area contributed by atoms with Crippen molar-refractivity contribution in [3.63, 3.8) is 0 Å². The number of nitro groups is 1. The van der Waals surface area contributed by atoms with Crippen molar-refractivity contribution in [2.24, 2.45) is 0 Å². The first-order valence-electron chi connectivity index (χ1n) is 5.15. The summed E-state index contributed by atoms with van der Waals surface area (Å²) in [4.78, 5) is 11.1. The van der Waals surface area contributed by atoms with Crippen molar-refractivity contribution in [1.82, 2.24) is 0 Å². The molecule has 5 heteroatoms. The fourth-order valence-corrected chi connectivity index (χ4v) is 2.14. The van der Waals surface area contributed by atoms with Crippen LogP contribution in [0.2, 0.25) is 0 Å². The number of aliphatic hydroxyl groups is 1. The predicted molar refractivity (Wildman–Crippen MR) is 64.7 cm³/mol. The van der Waals surface area contributed by atoms with Crippen LogP contribution in [0.25, 0.3) is 0 Å². The molecule has 1 atom stereocenters. The highest BCUT2D eigenvalue weighted by molar-refractivity contribution is 7.99. The third kappa shape index (κ3) is 3.21. The zero-order chi connectivity index (χ0) is 12.1. The molecule has 1 aromatic carbocycles. The normalized spacial score (nSPS) is 12.4. The highest BCUT2D eigenvalue weighted by Crippen LogP contribution is 2.31. The van der Waals surface area contributed by atoms with Crippen molar-refractivity contribution >= 4 is 17.4 Å². The summed E-state index contributed by atoms with van der Waals surface area (Å²) in [5.74, 6) is 0.856. The van der Waals surface area contributed by atoms with Gasteiger partial charge < -0.3 is 5.11 Å². The van der Waals surface area contributed by atoms with Gasteiger partial charge in [-0.05, 0) is 30.7 Å². The Kier molecular flexibility index (Phi) is 4.76. The Balaban J connectivity index is 3.04. The molecule has 0 heterocycles. The summed E-state index contributed by atoms with van der Waals surface area (Å²) in [5.41, 5.74) is 0.657. The van der Waals surface area contributed by atoms with E-state index in [1.807, 2.05) is 6.92 Å². The summed E-state index contributed by atoms with van der Waals surface area (Å²) in [7, 11) is 0. The minimum Gasteiger partial charge on any atom is -0.389 e. The molecule has 16 heavy (non-hydrogen) atoms. The van der Waals surface area contributed by atoms with Gasteiger partial charge in [0.15, 0.2) is 0 Å². The number of rotatable bonds is 5. The molecule has 0 aliphatic rings. The fourth-order valence-electron chi connectivity index (χ4n) is 1.27. The van der Waals surface area contributed by atoms with Gasteiger partial charge in [-0.15, -0.1) is 11.8 Å². The SMILES string of the molecule is CCCSc1ccc([C@H](C)O)cc1[N+](=O)[O-]. The minimum absolute atomic E-state index is 0.0804. The lowest BCUT2D eigenvalue weighted by molar-refractivity contribution is -0.387. The molecule has 0 aliphatic carbocycles. The first-order valence-corrected chi connectivity index (χ1v) is 6.14. The van der Waals surface area contributed by atoms with E-state index in [1.165, 1.54) is 17.8 Å². The summed E-state index contributed by atoms with van der Waals surface area (Å²) in [5, 5.41) is 20.2. The maximum atomic E-state index is 10.9. The molecule has 0 bridgehead atoms. The van der Waals surface area contributed by atoms with Crippen LogP contribution in [-0.4, -0.2) is 15.8 Å². The van der Waals surface area contributed by atoms with Gasteiger partial charge in [0, 0.05) is 6.07 Å². The minimum atomic E-state index is -0.677. The van der Waals surface area contributed by atoms with Gasteiger partial charge in [-0.2, -0.15) is 0 Å². The second kappa shape index (κ2) is 5.86. The molecule has 1 N–H and O–H groups in total. The van der Waals surface area contributed by atoms with E-state index in [0.717, 1.165) is 12.2 Å². The maximum Gasteiger partial charge on any atom is 0.283 e. The van der Waals surface area contributed by atoms with E-state index < -0.39 is 11.0 Å². The number of nitro benzene ring substituents is 1. The Morgan fingerprint density at radius 2 is 2.25 bits per heavy atom. The lowest BCUT2D eigenvalue weighted by Crippen LogP contribution is -1.96. The number of benzene rings is 1. The third-order valence-corrected chi connectivity index (χ3v) is 3.39. The second-order valence-corrected chi connectivity index (χ2v) is 4.65. The highest BCUT2D eigenvalue weighted by atomic mass is 32.2. The molecule has 0 radical (unpaired) electrons. The number of nitrogens with zero attached hydrogens (tertiary/aromatic N) is 1. The van der Waals surface area contributed by atoms with Crippen LogP contribution in [-0.2, 0) is 0 Å². The molecule has 0 saturated heterocycles.